The molecule has 1 aliphatic rings. The lowest BCUT2D eigenvalue weighted by Crippen LogP contribution is -2.49. The minimum absolute atomic E-state index is 0.185. The first kappa shape index (κ1) is 14.9. The van der Waals surface area contributed by atoms with Crippen molar-refractivity contribution in [2.24, 2.45) is 0 Å². The third kappa shape index (κ3) is 4.89. The van der Waals surface area contributed by atoms with Crippen molar-refractivity contribution < 1.29 is 24.8 Å². The molecule has 1 rings (SSSR count). The van der Waals surface area contributed by atoms with Gasteiger partial charge in [0.05, 0.1) is 12.7 Å². The highest BCUT2D eigenvalue weighted by atomic mass is 16.7. The molecular formula is C12H24O5. The first-order valence-corrected chi connectivity index (χ1v) is 6.43. The summed E-state index contributed by atoms with van der Waals surface area (Å²) in [6.07, 6.45) is 1.55. The molecule has 0 aromatic heterocycles. The molecule has 1 heterocycles. The van der Waals surface area contributed by atoms with E-state index in [-0.39, 0.29) is 13.0 Å². The van der Waals surface area contributed by atoms with Gasteiger partial charge in [-0.25, -0.2) is 0 Å². The summed E-state index contributed by atoms with van der Waals surface area (Å²) in [4.78, 5) is 0. The van der Waals surface area contributed by atoms with Crippen molar-refractivity contribution in [2.45, 2.75) is 63.6 Å². The number of aliphatic hydroxyl groups excluding tert-OH is 3. The summed E-state index contributed by atoms with van der Waals surface area (Å²) in [5.74, 6) is 0. The maximum atomic E-state index is 9.66. The smallest absolute Gasteiger partial charge is 0.184 e. The van der Waals surface area contributed by atoms with E-state index in [2.05, 4.69) is 6.92 Å². The molecule has 0 bridgehead atoms. The van der Waals surface area contributed by atoms with Crippen LogP contribution in [-0.2, 0) is 9.47 Å². The van der Waals surface area contributed by atoms with Gasteiger partial charge in [-0.1, -0.05) is 26.2 Å². The molecule has 102 valence electrons. The number of hydrogen-bond donors (Lipinski definition) is 3. The molecule has 5 heteroatoms. The van der Waals surface area contributed by atoms with Crippen molar-refractivity contribution in [3.05, 3.63) is 0 Å². The minimum Gasteiger partial charge on any atom is -0.394 e. The van der Waals surface area contributed by atoms with Crippen LogP contribution in [0.3, 0.4) is 0 Å². The van der Waals surface area contributed by atoms with E-state index >= 15 is 0 Å². The van der Waals surface area contributed by atoms with Gasteiger partial charge in [0.1, 0.15) is 12.2 Å². The molecule has 0 aliphatic carbocycles. The van der Waals surface area contributed by atoms with Crippen LogP contribution >= 0.6 is 0 Å². The zero-order valence-electron chi connectivity index (χ0n) is 10.4. The molecule has 17 heavy (non-hydrogen) atoms. The molecule has 0 spiro atoms. The van der Waals surface area contributed by atoms with Gasteiger partial charge >= 0.3 is 0 Å². The predicted octanol–water partition coefficient (Wildman–Crippen LogP) is 0.412. The van der Waals surface area contributed by atoms with Crippen LogP contribution in [0.1, 0.15) is 39.0 Å². The third-order valence-electron chi connectivity index (χ3n) is 3.00. The first-order valence-electron chi connectivity index (χ1n) is 6.43. The predicted molar refractivity (Wildman–Crippen MR) is 62.5 cm³/mol. The van der Waals surface area contributed by atoms with Crippen molar-refractivity contribution in [2.75, 3.05) is 13.2 Å². The zero-order chi connectivity index (χ0) is 12.7. The van der Waals surface area contributed by atoms with Crippen molar-refractivity contribution in [1.82, 2.24) is 0 Å². The summed E-state index contributed by atoms with van der Waals surface area (Å²) >= 11 is 0. The molecule has 0 radical (unpaired) electrons. The quantitative estimate of drug-likeness (QED) is 0.569. The topological polar surface area (TPSA) is 79.2 Å². The molecule has 0 amide bonds. The molecule has 0 saturated carbocycles. The molecule has 3 N–H and O–H groups in total. The summed E-state index contributed by atoms with van der Waals surface area (Å²) in [6.45, 7) is 2.42. The van der Waals surface area contributed by atoms with Crippen molar-refractivity contribution >= 4 is 0 Å². The maximum Gasteiger partial charge on any atom is 0.184 e. The highest BCUT2D eigenvalue weighted by molar-refractivity contribution is 4.80. The standard InChI is InChI=1S/C12H24O5/c1-2-3-4-5-6-16-12-10(15)7-9(14)11(8-13)17-12/h9-15H,2-8H2,1H3/t9-,10-,11-,12-/m1/s1. The Balaban J connectivity index is 2.22. The molecule has 1 fully saturated rings. The average Bonchev–Trinajstić information content (AvgIpc) is 2.31. The van der Waals surface area contributed by atoms with Crippen LogP contribution in [0, 0.1) is 0 Å². The van der Waals surface area contributed by atoms with E-state index in [1.165, 1.54) is 12.8 Å². The average molecular weight is 248 g/mol. The Morgan fingerprint density at radius 2 is 1.94 bits per heavy atom. The second kappa shape index (κ2) is 8.00. The largest absolute Gasteiger partial charge is 0.394 e. The lowest BCUT2D eigenvalue weighted by atomic mass is 10.0. The first-order chi connectivity index (χ1) is 8.19. The van der Waals surface area contributed by atoms with E-state index in [4.69, 9.17) is 14.6 Å². The normalized spacial score (nSPS) is 33.9. The van der Waals surface area contributed by atoms with Crippen molar-refractivity contribution in [3.63, 3.8) is 0 Å². The fraction of sp³-hybridized carbons (Fsp3) is 1.00. The SMILES string of the molecule is CCCCCCO[C@@H]1O[C@H](CO)[C@H](O)C[C@H]1O. The van der Waals surface area contributed by atoms with Crippen LogP contribution in [0.2, 0.25) is 0 Å². The van der Waals surface area contributed by atoms with Crippen molar-refractivity contribution in [1.29, 1.82) is 0 Å². The second-order valence-electron chi connectivity index (χ2n) is 4.53. The summed E-state index contributed by atoms with van der Waals surface area (Å²) < 4.78 is 10.7. The van der Waals surface area contributed by atoms with E-state index in [0.29, 0.717) is 6.61 Å². The summed E-state index contributed by atoms with van der Waals surface area (Å²) in [7, 11) is 0. The molecular weight excluding hydrogens is 224 g/mol. The Kier molecular flexibility index (Phi) is 6.99. The summed E-state index contributed by atoms with van der Waals surface area (Å²) in [5.41, 5.74) is 0. The molecule has 1 aliphatic heterocycles. The monoisotopic (exact) mass is 248 g/mol. The summed E-state index contributed by atoms with van der Waals surface area (Å²) in [6, 6.07) is 0. The molecule has 0 unspecified atom stereocenters. The Labute approximate surface area is 102 Å². The van der Waals surface area contributed by atoms with Crippen LogP contribution in [0.5, 0.6) is 0 Å². The van der Waals surface area contributed by atoms with Gasteiger partial charge in [-0.3, -0.25) is 0 Å². The zero-order valence-corrected chi connectivity index (χ0v) is 10.4. The van der Waals surface area contributed by atoms with Crippen LogP contribution in [-0.4, -0.2) is 53.1 Å². The van der Waals surface area contributed by atoms with Gasteiger partial charge in [0, 0.05) is 13.0 Å². The second-order valence-corrected chi connectivity index (χ2v) is 4.53. The lowest BCUT2D eigenvalue weighted by molar-refractivity contribution is -0.270. The van der Waals surface area contributed by atoms with E-state index in [1.807, 2.05) is 0 Å². The molecule has 5 nitrogen and oxygen atoms in total. The fourth-order valence-electron chi connectivity index (χ4n) is 1.91. The van der Waals surface area contributed by atoms with Gasteiger partial charge in [0.15, 0.2) is 6.29 Å². The van der Waals surface area contributed by atoms with Crippen molar-refractivity contribution in [3.8, 4) is 0 Å². The molecule has 1 saturated heterocycles. The Bertz CT molecular complexity index is 199. The van der Waals surface area contributed by atoms with Crippen LogP contribution in [0.15, 0.2) is 0 Å². The van der Waals surface area contributed by atoms with E-state index < -0.39 is 24.6 Å². The van der Waals surface area contributed by atoms with Gasteiger partial charge in [-0.2, -0.15) is 0 Å². The number of ether oxygens (including phenoxy) is 2. The van der Waals surface area contributed by atoms with Gasteiger partial charge < -0.3 is 24.8 Å². The highest BCUT2D eigenvalue weighted by Gasteiger charge is 2.36. The van der Waals surface area contributed by atoms with E-state index in [0.717, 1.165) is 12.8 Å². The number of aliphatic hydroxyl groups is 3. The molecule has 0 aromatic rings. The van der Waals surface area contributed by atoms with E-state index in [9.17, 15) is 10.2 Å². The highest BCUT2D eigenvalue weighted by Crippen LogP contribution is 2.21. The molecule has 0 aromatic carbocycles. The van der Waals surface area contributed by atoms with Crippen LogP contribution < -0.4 is 0 Å². The molecule has 4 atom stereocenters. The Hall–Kier alpha value is -0.200. The van der Waals surface area contributed by atoms with Crippen LogP contribution in [0.4, 0.5) is 0 Å². The number of hydrogen-bond acceptors (Lipinski definition) is 5. The van der Waals surface area contributed by atoms with Gasteiger partial charge in [0.2, 0.25) is 0 Å². The Morgan fingerprint density at radius 1 is 1.18 bits per heavy atom. The van der Waals surface area contributed by atoms with E-state index in [1.54, 1.807) is 0 Å². The number of unbranched alkanes of at least 4 members (excludes halogenated alkanes) is 3. The Morgan fingerprint density at radius 3 is 2.59 bits per heavy atom. The van der Waals surface area contributed by atoms with Crippen LogP contribution in [0.25, 0.3) is 0 Å². The number of rotatable bonds is 7. The third-order valence-corrected chi connectivity index (χ3v) is 3.00. The van der Waals surface area contributed by atoms with Gasteiger partial charge in [-0.15, -0.1) is 0 Å². The maximum absolute atomic E-state index is 9.66. The van der Waals surface area contributed by atoms with Gasteiger partial charge in [-0.05, 0) is 6.42 Å². The summed E-state index contributed by atoms with van der Waals surface area (Å²) in [5, 5.41) is 28.1. The lowest BCUT2D eigenvalue weighted by Gasteiger charge is -2.36. The fourth-order valence-corrected chi connectivity index (χ4v) is 1.91. The van der Waals surface area contributed by atoms with Gasteiger partial charge in [0.25, 0.3) is 0 Å². The minimum atomic E-state index is -0.824.